The van der Waals surface area contributed by atoms with Gasteiger partial charge in [-0.15, -0.1) is 0 Å². The minimum Gasteiger partial charge on any atom is -0.461 e. The van der Waals surface area contributed by atoms with Crippen LogP contribution in [0, 0.1) is 0 Å². The average Bonchev–Trinajstić information content (AvgIpc) is 2.68. The van der Waals surface area contributed by atoms with Crippen molar-refractivity contribution in [1.82, 2.24) is 4.90 Å². The van der Waals surface area contributed by atoms with Gasteiger partial charge in [0.25, 0.3) is 0 Å². The maximum absolute atomic E-state index is 12.0. The molecule has 0 bridgehead atoms. The molecule has 132 valence electrons. The summed E-state index contributed by atoms with van der Waals surface area (Å²) in [7, 11) is 0. The smallest absolute Gasteiger partial charge is 0.338 e. The van der Waals surface area contributed by atoms with Crippen molar-refractivity contribution in [2.24, 2.45) is 0 Å². The molecule has 0 radical (unpaired) electrons. The molecular weight excluding hydrogens is 310 g/mol. The van der Waals surface area contributed by atoms with Crippen LogP contribution in [0.4, 0.5) is 0 Å². The number of aryl methyl sites for hydroxylation is 1. The van der Waals surface area contributed by atoms with Gasteiger partial charge in [0, 0.05) is 12.6 Å². The highest BCUT2D eigenvalue weighted by atomic mass is 16.5. The Morgan fingerprint density at radius 3 is 2.48 bits per heavy atom. The molecule has 0 amide bonds. The summed E-state index contributed by atoms with van der Waals surface area (Å²) in [5, 5.41) is 0. The molecule has 1 aliphatic rings. The van der Waals surface area contributed by atoms with Crippen LogP contribution in [0.2, 0.25) is 0 Å². The SMILES string of the molecule is O=C(OCCN1CCCC[C@@H]1CCc1ccccc1)c1ccccc1. The van der Waals surface area contributed by atoms with Crippen molar-refractivity contribution in [1.29, 1.82) is 0 Å². The second-order valence-corrected chi connectivity index (χ2v) is 6.71. The van der Waals surface area contributed by atoms with E-state index in [-0.39, 0.29) is 5.97 Å². The topological polar surface area (TPSA) is 29.5 Å². The molecular formula is C22H27NO2. The van der Waals surface area contributed by atoms with Crippen LogP contribution in [0.5, 0.6) is 0 Å². The van der Waals surface area contributed by atoms with E-state index in [1.54, 1.807) is 12.1 Å². The first kappa shape index (κ1) is 17.7. The molecule has 2 aromatic rings. The van der Waals surface area contributed by atoms with E-state index in [1.807, 2.05) is 18.2 Å². The van der Waals surface area contributed by atoms with Crippen LogP contribution in [-0.4, -0.2) is 36.6 Å². The maximum Gasteiger partial charge on any atom is 0.338 e. The van der Waals surface area contributed by atoms with Crippen molar-refractivity contribution in [2.45, 2.75) is 38.1 Å². The van der Waals surface area contributed by atoms with Crippen molar-refractivity contribution in [3.8, 4) is 0 Å². The van der Waals surface area contributed by atoms with Crippen molar-refractivity contribution in [3.63, 3.8) is 0 Å². The zero-order chi connectivity index (χ0) is 17.3. The Morgan fingerprint density at radius 2 is 1.72 bits per heavy atom. The summed E-state index contributed by atoms with van der Waals surface area (Å²) in [6.45, 7) is 2.41. The van der Waals surface area contributed by atoms with E-state index in [1.165, 1.54) is 31.2 Å². The maximum atomic E-state index is 12.0. The fourth-order valence-corrected chi connectivity index (χ4v) is 3.57. The number of likely N-dealkylation sites (tertiary alicyclic amines) is 1. The number of carbonyl (C=O) groups excluding carboxylic acids is 1. The average molecular weight is 337 g/mol. The zero-order valence-electron chi connectivity index (χ0n) is 14.8. The highest BCUT2D eigenvalue weighted by molar-refractivity contribution is 5.89. The van der Waals surface area contributed by atoms with E-state index in [0.717, 1.165) is 19.5 Å². The number of ether oxygens (including phenoxy) is 1. The van der Waals surface area contributed by atoms with Gasteiger partial charge in [-0.05, 0) is 49.9 Å². The summed E-state index contributed by atoms with van der Waals surface area (Å²) in [5.41, 5.74) is 2.03. The lowest BCUT2D eigenvalue weighted by atomic mass is 9.96. The number of nitrogens with zero attached hydrogens (tertiary/aromatic N) is 1. The third kappa shape index (κ3) is 5.43. The molecule has 1 saturated heterocycles. The predicted molar refractivity (Wildman–Crippen MR) is 101 cm³/mol. The van der Waals surface area contributed by atoms with Crippen LogP contribution >= 0.6 is 0 Å². The fraction of sp³-hybridized carbons (Fsp3) is 0.409. The lowest BCUT2D eigenvalue weighted by molar-refractivity contribution is 0.0400. The molecule has 3 rings (SSSR count). The van der Waals surface area contributed by atoms with Crippen LogP contribution in [0.15, 0.2) is 60.7 Å². The minimum absolute atomic E-state index is 0.224. The molecule has 25 heavy (non-hydrogen) atoms. The summed E-state index contributed by atoms with van der Waals surface area (Å²) in [5.74, 6) is -0.224. The van der Waals surface area contributed by atoms with Crippen molar-refractivity contribution in [3.05, 3.63) is 71.8 Å². The van der Waals surface area contributed by atoms with Gasteiger partial charge < -0.3 is 4.74 Å². The first-order valence-corrected chi connectivity index (χ1v) is 9.33. The van der Waals surface area contributed by atoms with Crippen molar-refractivity contribution in [2.75, 3.05) is 19.7 Å². The monoisotopic (exact) mass is 337 g/mol. The van der Waals surface area contributed by atoms with Crippen molar-refractivity contribution >= 4 is 5.97 Å². The lowest BCUT2D eigenvalue weighted by Crippen LogP contribution is -2.41. The number of carbonyl (C=O) groups is 1. The predicted octanol–water partition coefficient (Wildman–Crippen LogP) is 4.33. The molecule has 3 heteroatoms. The van der Waals surface area contributed by atoms with E-state index in [0.29, 0.717) is 18.2 Å². The van der Waals surface area contributed by atoms with E-state index in [4.69, 9.17) is 4.74 Å². The van der Waals surface area contributed by atoms with Crippen LogP contribution < -0.4 is 0 Å². The number of hydrogen-bond donors (Lipinski definition) is 0. The van der Waals surface area contributed by atoms with E-state index in [9.17, 15) is 4.79 Å². The lowest BCUT2D eigenvalue weighted by Gasteiger charge is -2.35. The molecule has 3 nitrogen and oxygen atoms in total. The molecule has 0 aliphatic carbocycles. The largest absolute Gasteiger partial charge is 0.461 e. The Kier molecular flexibility index (Phi) is 6.63. The van der Waals surface area contributed by atoms with Crippen LogP contribution in [0.1, 0.15) is 41.6 Å². The van der Waals surface area contributed by atoms with Gasteiger partial charge in [-0.2, -0.15) is 0 Å². The quantitative estimate of drug-likeness (QED) is 0.704. The van der Waals surface area contributed by atoms with Gasteiger partial charge in [-0.1, -0.05) is 55.0 Å². The van der Waals surface area contributed by atoms with Crippen LogP contribution in [0.3, 0.4) is 0 Å². The molecule has 1 heterocycles. The summed E-state index contributed by atoms with van der Waals surface area (Å²) in [6.07, 6.45) is 6.09. The molecule has 1 fully saturated rings. The Labute approximate surface area is 150 Å². The summed E-state index contributed by atoms with van der Waals surface area (Å²) in [6, 6.07) is 20.5. The van der Waals surface area contributed by atoms with Gasteiger partial charge in [0.15, 0.2) is 0 Å². The number of rotatable bonds is 7. The summed E-state index contributed by atoms with van der Waals surface area (Å²) in [4.78, 5) is 14.5. The third-order valence-corrected chi connectivity index (χ3v) is 4.98. The highest BCUT2D eigenvalue weighted by Crippen LogP contribution is 2.21. The van der Waals surface area contributed by atoms with Crippen LogP contribution in [-0.2, 0) is 11.2 Å². The van der Waals surface area contributed by atoms with Gasteiger partial charge in [0.05, 0.1) is 5.56 Å². The molecule has 0 aromatic heterocycles. The third-order valence-electron chi connectivity index (χ3n) is 4.98. The Hall–Kier alpha value is -2.13. The Morgan fingerprint density at radius 1 is 1.00 bits per heavy atom. The van der Waals surface area contributed by atoms with Crippen molar-refractivity contribution < 1.29 is 9.53 Å². The normalized spacial score (nSPS) is 18.0. The van der Waals surface area contributed by atoms with E-state index in [2.05, 4.69) is 35.2 Å². The van der Waals surface area contributed by atoms with Gasteiger partial charge >= 0.3 is 5.97 Å². The molecule has 0 unspecified atom stereocenters. The number of esters is 1. The first-order valence-electron chi connectivity index (χ1n) is 9.33. The Balaban J connectivity index is 1.45. The van der Waals surface area contributed by atoms with Gasteiger partial charge in [-0.3, -0.25) is 4.90 Å². The van der Waals surface area contributed by atoms with Gasteiger partial charge in [-0.25, -0.2) is 4.79 Å². The molecule has 0 spiro atoms. The summed E-state index contributed by atoms with van der Waals surface area (Å²) >= 11 is 0. The van der Waals surface area contributed by atoms with Gasteiger partial charge in [0.1, 0.15) is 6.61 Å². The second kappa shape index (κ2) is 9.38. The highest BCUT2D eigenvalue weighted by Gasteiger charge is 2.22. The minimum atomic E-state index is -0.224. The van der Waals surface area contributed by atoms with Gasteiger partial charge in [0.2, 0.25) is 0 Å². The van der Waals surface area contributed by atoms with Crippen LogP contribution in [0.25, 0.3) is 0 Å². The molecule has 0 N–H and O–H groups in total. The van der Waals surface area contributed by atoms with E-state index < -0.39 is 0 Å². The summed E-state index contributed by atoms with van der Waals surface area (Å²) < 4.78 is 5.46. The molecule has 0 saturated carbocycles. The standard InChI is InChI=1S/C22H27NO2/c24-22(20-11-5-2-6-12-20)25-18-17-23-16-8-7-13-21(23)15-14-19-9-3-1-4-10-19/h1-6,9-12,21H,7-8,13-18H2/t21-/m1/s1. The molecule has 1 aliphatic heterocycles. The number of piperidine rings is 1. The second-order valence-electron chi connectivity index (χ2n) is 6.71. The molecule has 1 atom stereocenters. The number of hydrogen-bond acceptors (Lipinski definition) is 3. The Bertz CT molecular complexity index is 642. The fourth-order valence-electron chi connectivity index (χ4n) is 3.57. The van der Waals surface area contributed by atoms with E-state index >= 15 is 0 Å². The first-order chi connectivity index (χ1) is 12.3. The zero-order valence-corrected chi connectivity index (χ0v) is 14.8. The molecule has 2 aromatic carbocycles. The number of benzene rings is 2.